The van der Waals surface area contributed by atoms with E-state index in [-0.39, 0.29) is 77.5 Å². The number of benzene rings is 6. The Morgan fingerprint density at radius 1 is 0.539 bits per heavy atom. The Morgan fingerprint density at radius 2 is 0.941 bits per heavy atom. The molecule has 14 rings (SSSR count). The van der Waals surface area contributed by atoms with Crippen molar-refractivity contribution in [3.8, 4) is 30.0 Å². The lowest BCUT2D eigenvalue weighted by molar-refractivity contribution is -0.124. The first-order valence-corrected chi connectivity index (χ1v) is 35.4. The number of fused-ring (bicyclic) bond motifs is 3. The van der Waals surface area contributed by atoms with Crippen LogP contribution in [-0.2, 0) is 78.4 Å². The first-order valence-electron chi connectivity index (χ1n) is 33.5. The number of aryl methyl sites for hydroxylation is 4. The summed E-state index contributed by atoms with van der Waals surface area (Å²) < 4.78 is 4.60. The van der Waals surface area contributed by atoms with Crippen LogP contribution in [0.15, 0.2) is 139 Å². The van der Waals surface area contributed by atoms with E-state index in [0.29, 0.717) is 88.0 Å². The summed E-state index contributed by atoms with van der Waals surface area (Å²) in [5, 5.41) is 29.3. The van der Waals surface area contributed by atoms with Gasteiger partial charge in [-0.1, -0.05) is 113 Å². The Kier molecular flexibility index (Phi) is 20.2. The van der Waals surface area contributed by atoms with Crippen LogP contribution in [0.1, 0.15) is 117 Å². The van der Waals surface area contributed by atoms with Crippen molar-refractivity contribution in [1.29, 1.82) is 15.8 Å². The van der Waals surface area contributed by atoms with E-state index < -0.39 is 17.8 Å². The first-order chi connectivity index (χ1) is 48.5. The zero-order chi connectivity index (χ0) is 72.9. The Hall–Kier alpha value is -10.1. The summed E-state index contributed by atoms with van der Waals surface area (Å²) in [6.45, 7) is 15.2. The van der Waals surface area contributed by atoms with Crippen LogP contribution in [0.2, 0.25) is 15.1 Å². The lowest BCUT2D eigenvalue weighted by atomic mass is 9.85. The molecule has 8 aromatic rings. The molecule has 0 saturated carbocycles. The van der Waals surface area contributed by atoms with E-state index in [0.717, 1.165) is 73.6 Å². The maximum atomic E-state index is 13.7. The van der Waals surface area contributed by atoms with Crippen LogP contribution in [0, 0.1) is 63.6 Å². The van der Waals surface area contributed by atoms with Gasteiger partial charge < -0.3 is 38.5 Å². The van der Waals surface area contributed by atoms with Gasteiger partial charge in [0.05, 0.1) is 82.2 Å². The van der Waals surface area contributed by atoms with Gasteiger partial charge in [-0.3, -0.25) is 28.8 Å². The third-order valence-corrected chi connectivity index (χ3v) is 21.8. The van der Waals surface area contributed by atoms with E-state index in [4.69, 9.17) is 40.1 Å². The van der Waals surface area contributed by atoms with Crippen molar-refractivity contribution < 1.29 is 28.8 Å². The highest BCUT2D eigenvalue weighted by atomic mass is 79.9. The average molecular weight is 1490 g/mol. The van der Waals surface area contributed by atoms with Crippen LogP contribution in [-0.4, -0.2) is 93.8 Å². The van der Waals surface area contributed by atoms with Gasteiger partial charge in [0.15, 0.2) is 0 Å². The molecule has 3 fully saturated rings. The Bertz CT molecular complexity index is 4970. The molecule has 2 aromatic heterocycles. The van der Waals surface area contributed by atoms with Crippen molar-refractivity contribution in [3.63, 3.8) is 0 Å². The number of anilines is 6. The highest BCUT2D eigenvalue weighted by Gasteiger charge is 2.48. The van der Waals surface area contributed by atoms with Crippen molar-refractivity contribution in [2.75, 3.05) is 68.7 Å². The molecule has 0 radical (unpaired) electrons. The molecule has 518 valence electrons. The number of carbonyl (C=O) groups is 6. The molecule has 0 bridgehead atoms. The normalized spacial score (nSPS) is 18.6. The zero-order valence-electron chi connectivity index (χ0n) is 57.7. The van der Waals surface area contributed by atoms with E-state index in [1.54, 1.807) is 121 Å². The van der Waals surface area contributed by atoms with Gasteiger partial charge in [-0.05, 0) is 141 Å². The van der Waals surface area contributed by atoms with E-state index in [9.17, 15) is 39.3 Å². The number of amides is 6. The average Bonchev–Trinajstić information content (AvgIpc) is 1.60. The largest absolute Gasteiger partial charge is 0.340 e. The van der Waals surface area contributed by atoms with E-state index in [2.05, 4.69) is 110 Å². The molecule has 2 unspecified atom stereocenters. The molecule has 19 nitrogen and oxygen atoms in total. The number of nitriles is 3. The van der Waals surface area contributed by atoms with Crippen molar-refractivity contribution >= 4 is 120 Å². The van der Waals surface area contributed by atoms with Crippen LogP contribution in [0.4, 0.5) is 34.1 Å². The number of aromatic nitrogens is 4. The second-order valence-corrected chi connectivity index (χ2v) is 30.8. The van der Waals surface area contributed by atoms with Crippen LogP contribution in [0.3, 0.4) is 0 Å². The maximum absolute atomic E-state index is 13.7. The standard InChI is InChI=1S/C29H26ClN5O2.C28H28ClN5O2.C22H19BrClN3O2/c1-29(2)17-35(28(37)21-12-27(36)34(16-21)22-8-4-6-19(10-22)14-31)26-13-25(30)20(11-24(26)29)7-5-9-23-15-32-18-33(23)3;1-28(2)16-34(25-12-24(29)19(10-23(25)28)7-8-21-15-32(3)17-31-21)27(36)20-11-26(35)33(14-20)22-6-4-5-18(9-22)13-30;1-22(2)12-27(19-9-18(24)17(23)8-16(19)22)21(29)14-7-20(28)26(11-14)15-5-3-4-13(6-15)10-25/h4,6,8,10-11,13,15,18,21H,7,12,16-17H2,1-3H3;4-6,9-10,12,15,17,20H,7-8,11,14,16H2,1-3H3;3-6,8-9,14H,7,11-12H2,1-2H3/t;20-;/m.0./s1. The maximum Gasteiger partial charge on any atom is 0.232 e. The molecule has 102 heavy (non-hydrogen) atoms. The lowest BCUT2D eigenvalue weighted by Gasteiger charge is -2.24. The lowest BCUT2D eigenvalue weighted by Crippen LogP contribution is -2.39. The summed E-state index contributed by atoms with van der Waals surface area (Å²) in [5.74, 6) is 4.40. The third-order valence-electron chi connectivity index (χ3n) is 19.9. The molecule has 3 atom stereocenters. The smallest absolute Gasteiger partial charge is 0.232 e. The molecule has 3 saturated heterocycles. The number of imidazole rings is 2. The first kappa shape index (κ1) is 71.8. The monoisotopic (exact) mass is 1480 g/mol. The molecule has 0 aliphatic carbocycles. The Balaban J connectivity index is 0.000000146. The third kappa shape index (κ3) is 14.6. The van der Waals surface area contributed by atoms with Crippen molar-refractivity contribution in [3.05, 3.63) is 210 Å². The molecule has 8 heterocycles. The van der Waals surface area contributed by atoms with E-state index in [1.165, 1.54) is 0 Å². The fourth-order valence-electron chi connectivity index (χ4n) is 14.5. The number of hydrogen-bond acceptors (Lipinski definition) is 11. The van der Waals surface area contributed by atoms with Gasteiger partial charge in [0.25, 0.3) is 0 Å². The number of hydrogen-bond donors (Lipinski definition) is 0. The minimum Gasteiger partial charge on any atom is -0.340 e. The number of halogens is 4. The summed E-state index contributed by atoms with van der Waals surface area (Å²) in [7, 11) is 3.85. The van der Waals surface area contributed by atoms with Crippen molar-refractivity contribution in [2.24, 2.45) is 31.8 Å². The number of rotatable bonds is 10. The van der Waals surface area contributed by atoms with Gasteiger partial charge in [0.2, 0.25) is 35.4 Å². The number of nitrogens with zero attached hydrogens (tertiary/aromatic N) is 13. The molecule has 6 aliphatic heterocycles. The molecular weight excluding hydrogens is 1410 g/mol. The highest BCUT2D eigenvalue weighted by molar-refractivity contribution is 9.10. The number of carbonyl (C=O) groups excluding carboxylic acids is 6. The van der Waals surface area contributed by atoms with Gasteiger partial charge in [-0.25, -0.2) is 9.97 Å². The summed E-state index contributed by atoms with van der Waals surface area (Å²) in [4.78, 5) is 97.7. The van der Waals surface area contributed by atoms with Crippen molar-refractivity contribution in [2.45, 2.75) is 96.3 Å². The highest BCUT2D eigenvalue weighted by Crippen LogP contribution is 2.48. The minimum atomic E-state index is -0.469. The van der Waals surface area contributed by atoms with Gasteiger partial charge in [-0.15, -0.1) is 0 Å². The Labute approximate surface area is 616 Å². The SMILES string of the molecule is CC1(C)CN(C(=O)C2CC(=O)N(c3cccc(C#N)c3)C2)c2cc(Cl)c(Br)cc21.Cn1cnc(CCc2cc3c(cc2Cl)N(C(=O)[C@H]2CC(=O)N(c4cccc(C#N)c4)C2)CC3(C)C)c1.Cn1cncc1C#CCc1cc2c(cc1Cl)N(C(=O)C1CC(=O)N(c3cccc(C#N)c3)C1)CC2(C)C. The van der Waals surface area contributed by atoms with Gasteiger partial charge in [0, 0.05) is 150 Å². The molecular formula is C79H73BrCl3N13O6. The van der Waals surface area contributed by atoms with Gasteiger partial charge in [0.1, 0.15) is 5.69 Å². The van der Waals surface area contributed by atoms with Gasteiger partial charge >= 0.3 is 0 Å². The molecule has 6 aliphatic rings. The molecule has 23 heteroatoms. The predicted molar refractivity (Wildman–Crippen MR) is 397 cm³/mol. The predicted octanol–water partition coefficient (Wildman–Crippen LogP) is 13.3. The quantitative estimate of drug-likeness (QED) is 0.117. The summed E-state index contributed by atoms with van der Waals surface area (Å²) in [5.41, 5.74) is 12.1. The fourth-order valence-corrected chi connectivity index (χ4v) is 15.5. The second kappa shape index (κ2) is 28.8. The van der Waals surface area contributed by atoms with E-state index >= 15 is 0 Å². The topological polar surface area (TPSA) is 229 Å². The summed E-state index contributed by atoms with van der Waals surface area (Å²) >= 11 is 23.1. The van der Waals surface area contributed by atoms with Crippen LogP contribution >= 0.6 is 50.7 Å². The van der Waals surface area contributed by atoms with Crippen molar-refractivity contribution in [1.82, 2.24) is 19.1 Å². The minimum absolute atomic E-state index is 0.0635. The Morgan fingerprint density at radius 3 is 1.33 bits per heavy atom. The second-order valence-electron chi connectivity index (χ2n) is 28.7. The van der Waals surface area contributed by atoms with E-state index in [1.807, 2.05) is 53.7 Å². The molecule has 6 amide bonds. The van der Waals surface area contributed by atoms with Crippen LogP contribution in [0.25, 0.3) is 0 Å². The molecule has 0 N–H and O–H groups in total. The molecule has 0 spiro atoms. The molecule has 6 aromatic carbocycles. The van der Waals surface area contributed by atoms with Crippen LogP contribution in [0.5, 0.6) is 0 Å². The summed E-state index contributed by atoms with van der Waals surface area (Å²) in [6, 6.07) is 38.8. The summed E-state index contributed by atoms with van der Waals surface area (Å²) in [6.07, 6.45) is 9.71. The van der Waals surface area contributed by atoms with Gasteiger partial charge in [-0.2, -0.15) is 15.8 Å². The fraction of sp³-hybridized carbons (Fsp3) is 0.329. The van der Waals surface area contributed by atoms with Crippen LogP contribution < -0.4 is 29.4 Å². The zero-order valence-corrected chi connectivity index (χ0v) is 61.5.